The molecule has 1 unspecified atom stereocenters. The first kappa shape index (κ1) is 20.5. The second-order valence-corrected chi connectivity index (χ2v) is 11.5. The van der Waals surface area contributed by atoms with Gasteiger partial charge in [0.1, 0.15) is 0 Å². The number of hydrogen-bond donors (Lipinski definition) is 0. The highest BCUT2D eigenvalue weighted by atomic mass is 35.5. The minimum Gasteiger partial charge on any atom is -0.348 e. The van der Waals surface area contributed by atoms with Crippen LogP contribution in [0.1, 0.15) is 71.1 Å². The van der Waals surface area contributed by atoms with E-state index in [0.29, 0.717) is 11.3 Å². The topological polar surface area (TPSA) is 36.9 Å². The van der Waals surface area contributed by atoms with Gasteiger partial charge < -0.3 is 18.9 Å². The molecule has 4 saturated carbocycles. The minimum absolute atomic E-state index is 0.175. The van der Waals surface area contributed by atoms with Crippen LogP contribution in [0.15, 0.2) is 11.6 Å². The van der Waals surface area contributed by atoms with Crippen LogP contribution < -0.4 is 0 Å². The molecule has 5 heteroatoms. The zero-order valence-corrected chi connectivity index (χ0v) is 19.1. The molecule has 2 heterocycles. The van der Waals surface area contributed by atoms with Crippen molar-refractivity contribution in [3.8, 4) is 0 Å². The summed E-state index contributed by atoms with van der Waals surface area (Å²) in [6.07, 6.45) is 14.2. The molecular weight excluding hydrogens is 400 g/mol. The van der Waals surface area contributed by atoms with E-state index >= 15 is 0 Å². The van der Waals surface area contributed by atoms with E-state index in [0.717, 1.165) is 69.9 Å². The molecule has 0 aromatic rings. The van der Waals surface area contributed by atoms with E-state index < -0.39 is 0 Å². The molecule has 30 heavy (non-hydrogen) atoms. The van der Waals surface area contributed by atoms with Crippen LogP contribution in [0.2, 0.25) is 0 Å². The zero-order valence-electron chi connectivity index (χ0n) is 18.4. The van der Waals surface area contributed by atoms with Gasteiger partial charge >= 0.3 is 0 Å². The Morgan fingerprint density at radius 3 is 2.33 bits per heavy atom. The smallest absolute Gasteiger partial charge is 0.174 e. The van der Waals surface area contributed by atoms with Crippen LogP contribution in [0.4, 0.5) is 0 Å². The Bertz CT molecular complexity index is 697. The summed E-state index contributed by atoms with van der Waals surface area (Å²) in [5.74, 6) is 2.37. The largest absolute Gasteiger partial charge is 0.348 e. The number of allylic oxidation sites excluding steroid dienone is 1. The predicted octanol–water partition coefficient (Wildman–Crippen LogP) is 5.64. The quantitative estimate of drug-likeness (QED) is 0.561. The van der Waals surface area contributed by atoms with Crippen molar-refractivity contribution in [1.82, 2.24) is 0 Å². The van der Waals surface area contributed by atoms with Crippen LogP contribution in [0.3, 0.4) is 0 Å². The van der Waals surface area contributed by atoms with Crippen molar-refractivity contribution in [3.63, 3.8) is 0 Å². The summed E-state index contributed by atoms with van der Waals surface area (Å²) in [5.41, 5.74) is 2.28. The van der Waals surface area contributed by atoms with Gasteiger partial charge in [0, 0.05) is 30.2 Å². The normalized spacial score (nSPS) is 48.9. The molecule has 0 radical (unpaired) electrons. The predicted molar refractivity (Wildman–Crippen MR) is 115 cm³/mol. The summed E-state index contributed by atoms with van der Waals surface area (Å²) >= 11 is 6.07. The molecule has 6 atom stereocenters. The average molecular weight is 437 g/mol. The number of rotatable bonds is 2. The van der Waals surface area contributed by atoms with Crippen LogP contribution in [-0.2, 0) is 18.9 Å². The summed E-state index contributed by atoms with van der Waals surface area (Å²) in [6, 6.07) is 0. The fraction of sp³-hybridized carbons (Fsp3) is 0.920. The fourth-order valence-corrected chi connectivity index (χ4v) is 9.40. The first-order valence-corrected chi connectivity index (χ1v) is 12.8. The Hall–Kier alpha value is -0.130. The first-order chi connectivity index (χ1) is 14.6. The third-order valence-electron chi connectivity index (χ3n) is 10.6. The molecule has 2 saturated heterocycles. The van der Waals surface area contributed by atoms with Gasteiger partial charge in [-0.05, 0) is 74.0 Å². The van der Waals surface area contributed by atoms with Gasteiger partial charge in [-0.2, -0.15) is 0 Å². The minimum atomic E-state index is -0.301. The van der Waals surface area contributed by atoms with Gasteiger partial charge in [0.15, 0.2) is 11.6 Å². The maximum atomic E-state index is 6.33. The number of hydrogen-bond acceptors (Lipinski definition) is 4. The van der Waals surface area contributed by atoms with E-state index in [-0.39, 0.29) is 17.0 Å². The first-order valence-electron chi connectivity index (χ1n) is 12.4. The molecule has 168 valence electrons. The fourth-order valence-electron chi connectivity index (χ4n) is 9.31. The lowest BCUT2D eigenvalue weighted by molar-refractivity contribution is -0.259. The van der Waals surface area contributed by atoms with E-state index in [1.165, 1.54) is 38.5 Å². The van der Waals surface area contributed by atoms with E-state index in [2.05, 4.69) is 13.0 Å². The molecule has 6 fully saturated rings. The molecule has 0 bridgehead atoms. The summed E-state index contributed by atoms with van der Waals surface area (Å²) in [4.78, 5) is 0. The van der Waals surface area contributed by atoms with Crippen molar-refractivity contribution >= 4 is 11.6 Å². The van der Waals surface area contributed by atoms with Crippen LogP contribution in [0, 0.1) is 34.5 Å². The van der Waals surface area contributed by atoms with Crippen molar-refractivity contribution in [3.05, 3.63) is 11.6 Å². The van der Waals surface area contributed by atoms with Crippen LogP contribution in [-0.4, -0.2) is 38.0 Å². The van der Waals surface area contributed by atoms with Crippen molar-refractivity contribution in [1.29, 1.82) is 0 Å². The maximum absolute atomic E-state index is 6.33. The number of fused-ring (bicyclic) bond motifs is 6. The highest BCUT2D eigenvalue weighted by Gasteiger charge is 2.68. The third-order valence-corrected chi connectivity index (χ3v) is 10.7. The summed E-state index contributed by atoms with van der Waals surface area (Å²) in [6.45, 7) is 5.54. The Morgan fingerprint density at radius 1 is 0.833 bits per heavy atom. The van der Waals surface area contributed by atoms with Crippen LogP contribution in [0.5, 0.6) is 0 Å². The lowest BCUT2D eigenvalue weighted by atomic mass is 9.43. The lowest BCUT2D eigenvalue weighted by Gasteiger charge is -2.63. The second kappa shape index (κ2) is 7.18. The van der Waals surface area contributed by atoms with Gasteiger partial charge in [-0.15, -0.1) is 0 Å². The standard InChI is InChI=1S/C25H37ClO4/c1-22-8-5-21-19(20(22)6-9-25(22)29-15-16-30-25)4-3-18-17-24(27-13-14-28-24)11-10-23(18,21)7-2-12-26/h2,12,18-21H,3-11,13-17H2,1H3/t18-,19-,20-,21-,22-,23?/m0/s1. The van der Waals surface area contributed by atoms with Gasteiger partial charge in [0.05, 0.1) is 26.4 Å². The van der Waals surface area contributed by atoms with Gasteiger partial charge in [-0.3, -0.25) is 0 Å². The number of halogens is 1. The summed E-state index contributed by atoms with van der Waals surface area (Å²) in [5, 5.41) is 0. The molecule has 0 amide bonds. The summed E-state index contributed by atoms with van der Waals surface area (Å²) < 4.78 is 25.0. The lowest BCUT2D eigenvalue weighted by Crippen LogP contribution is -2.59. The maximum Gasteiger partial charge on any atom is 0.174 e. The average Bonchev–Trinajstić information content (AvgIpc) is 3.48. The monoisotopic (exact) mass is 436 g/mol. The zero-order chi connectivity index (χ0) is 20.5. The highest BCUT2D eigenvalue weighted by Crippen LogP contribution is 2.71. The Kier molecular flexibility index (Phi) is 4.90. The molecule has 6 aliphatic rings. The van der Waals surface area contributed by atoms with Crippen molar-refractivity contribution in [2.24, 2.45) is 34.5 Å². The molecule has 4 aliphatic carbocycles. The van der Waals surface area contributed by atoms with Gasteiger partial charge in [-0.25, -0.2) is 0 Å². The van der Waals surface area contributed by atoms with Crippen molar-refractivity contribution in [2.45, 2.75) is 82.7 Å². The SMILES string of the molecule is C[C@]12CC[C@H]3[C@@H](CC[C@H]4CC5(CCC43CC=CCl)OCCO5)[C@@H]1CCC21OCCO1. The molecule has 0 N–H and O–H groups in total. The molecular formula is C25H37ClO4. The molecule has 0 aromatic carbocycles. The van der Waals surface area contributed by atoms with Crippen molar-refractivity contribution < 1.29 is 18.9 Å². The molecule has 6 rings (SSSR count). The summed E-state index contributed by atoms with van der Waals surface area (Å²) in [7, 11) is 0. The Balaban J connectivity index is 1.32. The number of ether oxygens (including phenoxy) is 4. The van der Waals surface area contributed by atoms with Crippen LogP contribution >= 0.6 is 11.6 Å². The van der Waals surface area contributed by atoms with Gasteiger partial charge in [0.25, 0.3) is 0 Å². The van der Waals surface area contributed by atoms with Gasteiger partial charge in [0.2, 0.25) is 0 Å². The Labute approximate surface area is 186 Å². The highest BCUT2D eigenvalue weighted by molar-refractivity contribution is 6.25. The van der Waals surface area contributed by atoms with E-state index in [4.69, 9.17) is 30.5 Å². The van der Waals surface area contributed by atoms with Crippen LogP contribution in [0.25, 0.3) is 0 Å². The van der Waals surface area contributed by atoms with Gasteiger partial charge in [-0.1, -0.05) is 24.6 Å². The Morgan fingerprint density at radius 2 is 1.57 bits per heavy atom. The third kappa shape index (κ3) is 2.67. The van der Waals surface area contributed by atoms with E-state index in [1.54, 1.807) is 5.54 Å². The molecule has 4 nitrogen and oxygen atoms in total. The van der Waals surface area contributed by atoms with Crippen molar-refractivity contribution in [2.75, 3.05) is 26.4 Å². The molecule has 2 aliphatic heterocycles. The second-order valence-electron chi connectivity index (χ2n) is 11.2. The molecule has 2 spiro atoms. The van der Waals surface area contributed by atoms with E-state index in [9.17, 15) is 0 Å². The van der Waals surface area contributed by atoms with E-state index in [1.807, 2.05) is 0 Å². The molecule has 0 aromatic heterocycles.